The number of carbonyl (C=O) groups excluding carboxylic acids is 4. The minimum atomic E-state index is -4.93. The van der Waals surface area contributed by atoms with Crippen molar-refractivity contribution in [3.63, 3.8) is 0 Å². The Labute approximate surface area is 286 Å². The highest BCUT2D eigenvalue weighted by Gasteiger charge is 2.37. The molecular formula is C34H57FN4O8S. The third kappa shape index (κ3) is 16.2. The Morgan fingerprint density at radius 3 is 1.71 bits per heavy atom. The Bertz CT molecular complexity index is 1290. The second-order valence-corrected chi connectivity index (χ2v) is 15.3. The van der Waals surface area contributed by atoms with Gasteiger partial charge in [-0.3, -0.25) is 14.4 Å². The molecule has 3 unspecified atom stereocenters. The molecule has 4 amide bonds. The first-order chi connectivity index (χ1) is 22.2. The summed E-state index contributed by atoms with van der Waals surface area (Å²) in [5.74, 6) is -3.77. The Morgan fingerprint density at radius 2 is 1.25 bits per heavy atom. The number of amides is 4. The Morgan fingerprint density at radius 1 is 0.771 bits per heavy atom. The van der Waals surface area contributed by atoms with Gasteiger partial charge in [0.2, 0.25) is 17.7 Å². The monoisotopic (exact) mass is 700 g/mol. The molecule has 14 heteroatoms. The summed E-state index contributed by atoms with van der Waals surface area (Å²) in [7, 11) is -4.93. The van der Waals surface area contributed by atoms with Crippen molar-refractivity contribution in [2.45, 2.75) is 131 Å². The van der Waals surface area contributed by atoms with Crippen LogP contribution >= 0.6 is 0 Å². The molecule has 0 saturated heterocycles. The SMILES string of the molecule is CCC(C)[C@H](NC(=O)OC(C)(C)C)C(=O)N[C@H](C(=O)N[C@H](C(=O)N[C@@H](CC(C)C)CS(=O)(=O)F)C(C)OCc1ccccc1)C(C)CC. The highest BCUT2D eigenvalue weighted by molar-refractivity contribution is 7.86. The van der Waals surface area contributed by atoms with E-state index in [-0.39, 0.29) is 24.9 Å². The lowest BCUT2D eigenvalue weighted by Crippen LogP contribution is -2.62. The van der Waals surface area contributed by atoms with Crippen molar-refractivity contribution in [2.24, 2.45) is 17.8 Å². The van der Waals surface area contributed by atoms with Gasteiger partial charge in [0.05, 0.1) is 12.7 Å². The van der Waals surface area contributed by atoms with E-state index >= 15 is 0 Å². The zero-order valence-corrected chi connectivity index (χ0v) is 30.9. The third-order valence-corrected chi connectivity index (χ3v) is 8.67. The van der Waals surface area contributed by atoms with Crippen molar-refractivity contribution in [2.75, 3.05) is 5.75 Å². The highest BCUT2D eigenvalue weighted by atomic mass is 32.3. The minimum Gasteiger partial charge on any atom is -0.444 e. The largest absolute Gasteiger partial charge is 0.444 e. The van der Waals surface area contributed by atoms with Crippen LogP contribution in [0.1, 0.15) is 94.1 Å². The number of hydrogen-bond acceptors (Lipinski definition) is 8. The van der Waals surface area contributed by atoms with Crippen LogP contribution in [0.5, 0.6) is 0 Å². The van der Waals surface area contributed by atoms with Gasteiger partial charge in [-0.2, -0.15) is 8.42 Å². The zero-order valence-electron chi connectivity index (χ0n) is 30.1. The van der Waals surface area contributed by atoms with Gasteiger partial charge in [-0.05, 0) is 57.4 Å². The van der Waals surface area contributed by atoms with E-state index in [4.69, 9.17) is 9.47 Å². The number of benzene rings is 1. The first-order valence-electron chi connectivity index (χ1n) is 16.7. The maximum Gasteiger partial charge on any atom is 0.408 e. The van der Waals surface area contributed by atoms with Crippen molar-refractivity contribution < 1.29 is 41.0 Å². The summed E-state index contributed by atoms with van der Waals surface area (Å²) in [6, 6.07) is 4.62. The summed E-state index contributed by atoms with van der Waals surface area (Å²) in [4.78, 5) is 53.8. The summed E-state index contributed by atoms with van der Waals surface area (Å²) in [6.07, 6.45) is -0.514. The molecule has 1 aromatic rings. The van der Waals surface area contributed by atoms with E-state index in [0.29, 0.717) is 12.8 Å². The molecule has 0 aromatic heterocycles. The normalized spacial score (nSPS) is 16.4. The van der Waals surface area contributed by atoms with Crippen molar-refractivity contribution in [3.8, 4) is 0 Å². The molecule has 0 saturated carbocycles. The van der Waals surface area contributed by atoms with Gasteiger partial charge in [0, 0.05) is 6.04 Å². The number of carbonyl (C=O) groups is 4. The number of ether oxygens (including phenoxy) is 2. The summed E-state index contributed by atoms with van der Waals surface area (Å²) >= 11 is 0. The standard InChI is InChI=1S/C34H57FN4O8S/c1-11-22(5)27(37-31(41)28(23(6)12-2)39-33(43)47-34(8,9)10)30(40)38-29(24(7)46-19-25-16-14-13-15-17-25)32(42)36-26(18-21(3)4)20-48(35,44)45/h13-17,21-24,26-29H,11-12,18-20H2,1-10H3,(H,36,42)(H,37,41)(H,38,40)(H,39,43)/t22?,23?,24?,26-,27-,28-,29-/m0/s1. The second kappa shape index (κ2) is 19.7. The first kappa shape index (κ1) is 42.8. The van der Waals surface area contributed by atoms with Gasteiger partial charge in [0.1, 0.15) is 29.5 Å². The minimum absolute atomic E-state index is 0.0745. The van der Waals surface area contributed by atoms with E-state index < -0.39 is 81.6 Å². The van der Waals surface area contributed by atoms with Crippen LogP contribution in [0.2, 0.25) is 0 Å². The van der Waals surface area contributed by atoms with Crippen molar-refractivity contribution in [1.82, 2.24) is 21.3 Å². The van der Waals surface area contributed by atoms with Crippen molar-refractivity contribution in [1.29, 1.82) is 0 Å². The fourth-order valence-electron chi connectivity index (χ4n) is 4.89. The number of alkyl carbamates (subject to hydrolysis) is 1. The maximum atomic E-state index is 13.9. The molecule has 4 N–H and O–H groups in total. The molecule has 274 valence electrons. The van der Waals surface area contributed by atoms with Crippen LogP contribution in [0, 0.1) is 17.8 Å². The molecule has 0 aliphatic heterocycles. The van der Waals surface area contributed by atoms with Gasteiger partial charge in [-0.1, -0.05) is 84.7 Å². The van der Waals surface area contributed by atoms with E-state index in [1.54, 1.807) is 55.4 Å². The summed E-state index contributed by atoms with van der Waals surface area (Å²) in [6.45, 7) is 17.7. The number of hydrogen-bond donors (Lipinski definition) is 4. The van der Waals surface area contributed by atoms with E-state index in [1.165, 1.54) is 0 Å². The van der Waals surface area contributed by atoms with Gasteiger partial charge >= 0.3 is 16.3 Å². The molecule has 12 nitrogen and oxygen atoms in total. The van der Waals surface area contributed by atoms with Gasteiger partial charge in [-0.25, -0.2) is 4.79 Å². The molecule has 1 rings (SSSR count). The van der Waals surface area contributed by atoms with E-state index in [9.17, 15) is 31.5 Å². The van der Waals surface area contributed by atoms with Crippen LogP contribution in [0.15, 0.2) is 30.3 Å². The molecule has 0 spiro atoms. The van der Waals surface area contributed by atoms with Crippen LogP contribution in [-0.2, 0) is 40.7 Å². The molecule has 0 fully saturated rings. The summed E-state index contributed by atoms with van der Waals surface area (Å²) in [5.41, 5.74) is 0.0197. The zero-order chi connectivity index (χ0) is 36.8. The third-order valence-electron chi connectivity index (χ3n) is 7.87. The van der Waals surface area contributed by atoms with Gasteiger partial charge in [0.25, 0.3) is 0 Å². The maximum absolute atomic E-state index is 13.9. The van der Waals surface area contributed by atoms with Gasteiger partial charge in [0.15, 0.2) is 0 Å². The number of halogens is 1. The predicted octanol–water partition coefficient (Wildman–Crippen LogP) is 4.38. The van der Waals surface area contributed by atoms with E-state index in [0.717, 1.165) is 5.56 Å². The number of rotatable bonds is 19. The van der Waals surface area contributed by atoms with Gasteiger partial charge < -0.3 is 30.7 Å². The Kier molecular flexibility index (Phi) is 17.5. The van der Waals surface area contributed by atoms with E-state index in [2.05, 4.69) is 21.3 Å². The fourth-order valence-corrected chi connectivity index (χ4v) is 5.59. The molecule has 0 aliphatic rings. The molecule has 7 atom stereocenters. The Hall–Kier alpha value is -3.26. The molecule has 48 heavy (non-hydrogen) atoms. The van der Waals surface area contributed by atoms with Crippen LogP contribution in [0.4, 0.5) is 8.68 Å². The van der Waals surface area contributed by atoms with Crippen LogP contribution in [0.3, 0.4) is 0 Å². The molecule has 0 heterocycles. The molecule has 1 aromatic carbocycles. The van der Waals surface area contributed by atoms with Crippen LogP contribution in [-0.4, -0.2) is 73.9 Å². The van der Waals surface area contributed by atoms with Crippen molar-refractivity contribution >= 4 is 34.0 Å². The lowest BCUT2D eigenvalue weighted by molar-refractivity contribution is -0.136. The van der Waals surface area contributed by atoms with Crippen LogP contribution in [0.25, 0.3) is 0 Å². The quantitative estimate of drug-likeness (QED) is 0.154. The lowest BCUT2D eigenvalue weighted by Gasteiger charge is -2.32. The molecule has 0 bridgehead atoms. The average Bonchev–Trinajstić information content (AvgIpc) is 2.97. The van der Waals surface area contributed by atoms with Crippen molar-refractivity contribution in [3.05, 3.63) is 35.9 Å². The van der Waals surface area contributed by atoms with Gasteiger partial charge in [-0.15, -0.1) is 3.89 Å². The predicted molar refractivity (Wildman–Crippen MR) is 183 cm³/mol. The average molecular weight is 701 g/mol. The molecule has 0 aliphatic carbocycles. The first-order valence-corrected chi connectivity index (χ1v) is 18.2. The number of nitrogens with one attached hydrogen (secondary N) is 4. The summed E-state index contributed by atoms with van der Waals surface area (Å²) in [5, 5.41) is 10.7. The lowest BCUT2D eigenvalue weighted by atomic mass is 9.94. The fraction of sp³-hybridized carbons (Fsp3) is 0.706. The smallest absolute Gasteiger partial charge is 0.408 e. The molecular weight excluding hydrogens is 643 g/mol. The Balaban J connectivity index is 3.37. The summed E-state index contributed by atoms with van der Waals surface area (Å²) < 4.78 is 48.1. The van der Waals surface area contributed by atoms with E-state index in [1.807, 2.05) is 44.2 Å². The second-order valence-electron chi connectivity index (χ2n) is 13.9. The van der Waals surface area contributed by atoms with Crippen LogP contribution < -0.4 is 21.3 Å². The highest BCUT2D eigenvalue weighted by Crippen LogP contribution is 2.16. The molecule has 0 radical (unpaired) electrons. The topological polar surface area (TPSA) is 169 Å².